The summed E-state index contributed by atoms with van der Waals surface area (Å²) >= 11 is 0. The summed E-state index contributed by atoms with van der Waals surface area (Å²) in [5.74, 6) is 0. The van der Waals surface area contributed by atoms with E-state index in [1.807, 2.05) is 22.9 Å². The molecule has 1 aromatic rings. The molecule has 1 saturated heterocycles. The van der Waals surface area contributed by atoms with Crippen molar-refractivity contribution in [2.24, 2.45) is 0 Å². The fourth-order valence-electron chi connectivity index (χ4n) is 1.94. The van der Waals surface area contributed by atoms with Crippen LogP contribution in [0.3, 0.4) is 0 Å². The van der Waals surface area contributed by atoms with E-state index in [-0.39, 0.29) is 6.10 Å². The van der Waals surface area contributed by atoms with Crippen LogP contribution in [-0.2, 0) is 11.3 Å². The largest absolute Gasteiger partial charge is 0.373 e. The third kappa shape index (κ3) is 1.87. The summed E-state index contributed by atoms with van der Waals surface area (Å²) in [5.41, 5.74) is 0.730. The summed E-state index contributed by atoms with van der Waals surface area (Å²) in [4.78, 5) is 10.7. The Bertz CT molecular complexity index is 319. The quantitative estimate of drug-likeness (QED) is 0.686. The molecule has 2 heterocycles. The van der Waals surface area contributed by atoms with E-state index >= 15 is 0 Å². The lowest BCUT2D eigenvalue weighted by Gasteiger charge is -2.12. The molecule has 1 aliphatic heterocycles. The Labute approximate surface area is 83.7 Å². The molecule has 76 valence electrons. The fraction of sp³-hybridized carbons (Fsp3) is 0.545. The summed E-state index contributed by atoms with van der Waals surface area (Å²) in [6.07, 6.45) is 5.68. The minimum atomic E-state index is 0.274. The van der Waals surface area contributed by atoms with Crippen LogP contribution in [0, 0.1) is 0 Å². The van der Waals surface area contributed by atoms with Crippen molar-refractivity contribution in [3.8, 4) is 0 Å². The van der Waals surface area contributed by atoms with Gasteiger partial charge in [-0.05, 0) is 31.9 Å². The van der Waals surface area contributed by atoms with E-state index in [1.54, 1.807) is 0 Å². The van der Waals surface area contributed by atoms with Crippen molar-refractivity contribution >= 4 is 6.29 Å². The fourth-order valence-corrected chi connectivity index (χ4v) is 1.94. The van der Waals surface area contributed by atoms with Crippen LogP contribution in [0.2, 0.25) is 0 Å². The van der Waals surface area contributed by atoms with Crippen molar-refractivity contribution in [3.63, 3.8) is 0 Å². The van der Waals surface area contributed by atoms with Crippen LogP contribution < -0.4 is 0 Å². The first-order valence-corrected chi connectivity index (χ1v) is 5.05. The Morgan fingerprint density at radius 1 is 1.64 bits per heavy atom. The summed E-state index contributed by atoms with van der Waals surface area (Å²) in [7, 11) is 0. The van der Waals surface area contributed by atoms with Crippen molar-refractivity contribution in [2.75, 3.05) is 0 Å². The van der Waals surface area contributed by atoms with Gasteiger partial charge in [0.1, 0.15) is 0 Å². The molecule has 0 saturated carbocycles. The second-order valence-electron chi connectivity index (χ2n) is 3.85. The van der Waals surface area contributed by atoms with E-state index < -0.39 is 0 Å². The molecule has 0 aliphatic carbocycles. The van der Waals surface area contributed by atoms with Crippen molar-refractivity contribution in [1.82, 2.24) is 4.57 Å². The number of carbonyl (C=O) groups is 1. The molecule has 2 rings (SSSR count). The van der Waals surface area contributed by atoms with E-state index in [4.69, 9.17) is 4.74 Å². The number of hydrogen-bond donors (Lipinski definition) is 0. The van der Waals surface area contributed by atoms with E-state index in [1.165, 1.54) is 0 Å². The maximum Gasteiger partial charge on any atom is 0.166 e. The summed E-state index contributed by atoms with van der Waals surface area (Å²) in [6.45, 7) is 2.89. The van der Waals surface area contributed by atoms with Crippen molar-refractivity contribution < 1.29 is 9.53 Å². The summed E-state index contributed by atoms with van der Waals surface area (Å²) < 4.78 is 7.65. The first kappa shape index (κ1) is 9.46. The van der Waals surface area contributed by atoms with Crippen molar-refractivity contribution in [1.29, 1.82) is 0 Å². The average molecular weight is 193 g/mol. The van der Waals surface area contributed by atoms with Crippen LogP contribution in [0.1, 0.15) is 30.3 Å². The molecule has 0 aromatic carbocycles. The Kier molecular flexibility index (Phi) is 2.68. The number of rotatable bonds is 3. The second-order valence-corrected chi connectivity index (χ2v) is 3.85. The summed E-state index contributed by atoms with van der Waals surface area (Å²) in [5, 5.41) is 0. The zero-order valence-corrected chi connectivity index (χ0v) is 8.35. The topological polar surface area (TPSA) is 31.2 Å². The molecule has 2 atom stereocenters. The normalized spacial score (nSPS) is 26.6. The van der Waals surface area contributed by atoms with Gasteiger partial charge in [0.15, 0.2) is 6.29 Å². The molecule has 3 heteroatoms. The number of carbonyl (C=O) groups excluding carboxylic acids is 1. The molecular formula is C11H15NO2. The van der Waals surface area contributed by atoms with Crippen molar-refractivity contribution in [2.45, 2.75) is 38.5 Å². The van der Waals surface area contributed by atoms with Crippen molar-refractivity contribution in [3.05, 3.63) is 24.0 Å². The van der Waals surface area contributed by atoms with Gasteiger partial charge in [0.05, 0.1) is 17.9 Å². The molecule has 0 spiro atoms. The number of ether oxygens (including phenoxy) is 1. The van der Waals surface area contributed by atoms with Crippen LogP contribution in [0.5, 0.6) is 0 Å². The Morgan fingerprint density at radius 2 is 2.50 bits per heavy atom. The van der Waals surface area contributed by atoms with Gasteiger partial charge in [0, 0.05) is 12.7 Å². The van der Waals surface area contributed by atoms with Gasteiger partial charge in [0.2, 0.25) is 0 Å². The molecule has 2 unspecified atom stereocenters. The first-order valence-electron chi connectivity index (χ1n) is 5.05. The van der Waals surface area contributed by atoms with Gasteiger partial charge in [-0.3, -0.25) is 4.79 Å². The van der Waals surface area contributed by atoms with E-state index in [2.05, 4.69) is 6.92 Å². The van der Waals surface area contributed by atoms with Crippen LogP contribution in [0.4, 0.5) is 0 Å². The molecule has 1 fully saturated rings. The lowest BCUT2D eigenvalue weighted by molar-refractivity contribution is 0.0455. The van der Waals surface area contributed by atoms with Gasteiger partial charge < -0.3 is 9.30 Å². The van der Waals surface area contributed by atoms with Crippen LogP contribution in [0.25, 0.3) is 0 Å². The Balaban J connectivity index is 2.00. The van der Waals surface area contributed by atoms with Gasteiger partial charge in [-0.1, -0.05) is 0 Å². The minimum absolute atomic E-state index is 0.274. The van der Waals surface area contributed by atoms with Gasteiger partial charge in [-0.15, -0.1) is 0 Å². The molecule has 1 aliphatic rings. The number of hydrogen-bond acceptors (Lipinski definition) is 2. The number of aldehydes is 1. The lowest BCUT2D eigenvalue weighted by atomic mass is 10.2. The SMILES string of the molecule is CC1CCC(Cn2cccc2C=O)O1. The highest BCUT2D eigenvalue weighted by atomic mass is 16.5. The highest BCUT2D eigenvalue weighted by Crippen LogP contribution is 2.20. The van der Waals surface area contributed by atoms with Crippen LogP contribution in [0.15, 0.2) is 18.3 Å². The smallest absolute Gasteiger partial charge is 0.166 e. The average Bonchev–Trinajstić information content (AvgIpc) is 2.76. The minimum Gasteiger partial charge on any atom is -0.373 e. The summed E-state index contributed by atoms with van der Waals surface area (Å²) in [6, 6.07) is 3.72. The lowest BCUT2D eigenvalue weighted by Crippen LogP contribution is -2.17. The predicted octanol–water partition coefficient (Wildman–Crippen LogP) is 1.87. The van der Waals surface area contributed by atoms with E-state index in [0.717, 1.165) is 31.4 Å². The van der Waals surface area contributed by atoms with E-state index in [9.17, 15) is 4.79 Å². The molecule has 0 radical (unpaired) electrons. The molecule has 3 nitrogen and oxygen atoms in total. The maximum absolute atomic E-state index is 10.7. The third-order valence-corrected chi connectivity index (χ3v) is 2.71. The molecule has 0 amide bonds. The van der Waals surface area contributed by atoms with Gasteiger partial charge in [-0.25, -0.2) is 0 Å². The number of nitrogens with zero attached hydrogens (tertiary/aromatic N) is 1. The zero-order chi connectivity index (χ0) is 9.97. The molecule has 14 heavy (non-hydrogen) atoms. The van der Waals surface area contributed by atoms with Gasteiger partial charge in [-0.2, -0.15) is 0 Å². The standard InChI is InChI=1S/C11H15NO2/c1-9-4-5-11(14-9)7-12-6-2-3-10(12)8-13/h2-3,6,8-9,11H,4-5,7H2,1H3. The number of aromatic nitrogens is 1. The van der Waals surface area contributed by atoms with Crippen LogP contribution in [-0.4, -0.2) is 23.1 Å². The highest BCUT2D eigenvalue weighted by molar-refractivity contribution is 5.72. The van der Waals surface area contributed by atoms with Gasteiger partial charge >= 0.3 is 0 Å². The predicted molar refractivity (Wildman–Crippen MR) is 53.4 cm³/mol. The molecular weight excluding hydrogens is 178 g/mol. The van der Waals surface area contributed by atoms with E-state index in [0.29, 0.717) is 6.10 Å². The van der Waals surface area contributed by atoms with Gasteiger partial charge in [0.25, 0.3) is 0 Å². The molecule has 0 N–H and O–H groups in total. The first-order chi connectivity index (χ1) is 6.79. The second kappa shape index (κ2) is 3.96. The molecule has 1 aromatic heterocycles. The zero-order valence-electron chi connectivity index (χ0n) is 8.35. The Morgan fingerprint density at radius 3 is 3.14 bits per heavy atom. The highest BCUT2D eigenvalue weighted by Gasteiger charge is 2.22. The monoisotopic (exact) mass is 193 g/mol. The Hall–Kier alpha value is -1.09. The molecule has 0 bridgehead atoms. The van der Waals surface area contributed by atoms with Crippen LogP contribution >= 0.6 is 0 Å². The third-order valence-electron chi connectivity index (χ3n) is 2.71. The maximum atomic E-state index is 10.7.